The van der Waals surface area contributed by atoms with Crippen LogP contribution in [0, 0.1) is 11.2 Å². The number of hydrogen-bond donors (Lipinski definition) is 0. The molecule has 1 aromatic rings. The second-order valence-corrected chi connectivity index (χ2v) is 1.25. The maximum atomic E-state index is 7.32. The van der Waals surface area contributed by atoms with Crippen LogP contribution in [0.3, 0.4) is 0 Å². The first-order valence-corrected chi connectivity index (χ1v) is 2.57. The van der Waals surface area contributed by atoms with E-state index in [1.165, 1.54) is 7.85 Å². The molecule has 0 atom stereocenters. The van der Waals surface area contributed by atoms with Gasteiger partial charge in [0.15, 0.2) is 0 Å². The van der Waals surface area contributed by atoms with Gasteiger partial charge >= 0.3 is 59.1 Å². The molecule has 0 aliphatic carbocycles. The van der Waals surface area contributed by atoms with Crippen molar-refractivity contribution in [1.29, 1.82) is 5.26 Å². The van der Waals surface area contributed by atoms with Gasteiger partial charge in [-0.2, -0.15) is 0 Å². The van der Waals surface area contributed by atoms with E-state index in [1.54, 1.807) is 18.4 Å². The van der Waals surface area contributed by atoms with E-state index in [2.05, 4.69) is 4.98 Å². The number of nitriles is 1. The van der Waals surface area contributed by atoms with Gasteiger partial charge in [-0.3, -0.25) is 4.98 Å². The molecule has 12 heavy (non-hydrogen) atoms. The summed E-state index contributed by atoms with van der Waals surface area (Å²) in [5, 5.41) is 7.32. The van der Waals surface area contributed by atoms with Gasteiger partial charge in [0.25, 0.3) is 0 Å². The largest absolute Gasteiger partial charge is 0.265 e. The van der Waals surface area contributed by atoms with Gasteiger partial charge in [0.2, 0.25) is 7.85 Å². The molecule has 0 saturated heterocycles. The fourth-order valence-electron chi connectivity index (χ4n) is 0.313. The first kappa shape index (κ1) is 23.0. The van der Waals surface area contributed by atoms with Crippen LogP contribution < -0.4 is 0 Å². The summed E-state index contributed by atoms with van der Waals surface area (Å²) in [6.07, 6.45) is 3.50. The Morgan fingerprint density at radius 1 is 1.08 bits per heavy atom. The predicted octanol–water partition coefficient (Wildman–Crippen LogP) is -2.30. The Bertz CT molecular complexity index is 152. The monoisotopic (exact) mass is 180 g/mol. The number of hydrogen-bond acceptors (Lipinski definition) is 2. The van der Waals surface area contributed by atoms with Crippen LogP contribution in [0.2, 0.25) is 0 Å². The molecule has 1 aromatic heterocycles. The van der Waals surface area contributed by atoms with Crippen LogP contribution >= 0.6 is 0 Å². The topological polar surface area (TPSA) is 36.7 Å². The molecule has 0 aromatic carbocycles. The molecule has 0 unspecified atom stereocenters. The first-order valence-electron chi connectivity index (χ1n) is 2.57. The van der Waals surface area contributed by atoms with Crippen molar-refractivity contribution >= 4 is 75.4 Å². The predicted molar refractivity (Wildman–Crippen MR) is 62.6 cm³/mol. The second kappa shape index (κ2) is 22.6. The molecule has 0 aliphatic heterocycles. The summed E-state index contributed by atoms with van der Waals surface area (Å²) in [5.74, 6) is 1.75. The maximum Gasteiger partial charge on any atom is 0.0267 e. The summed E-state index contributed by atoms with van der Waals surface area (Å²) in [6.45, 7) is 0. The molecule has 0 bridgehead atoms. The van der Waals surface area contributed by atoms with Crippen molar-refractivity contribution in [2.24, 2.45) is 0 Å². The van der Waals surface area contributed by atoms with Gasteiger partial charge in [0.1, 0.15) is 0 Å². The third kappa shape index (κ3) is 22.4. The van der Waals surface area contributed by atoms with E-state index in [0.717, 1.165) is 0 Å². The summed E-state index contributed by atoms with van der Waals surface area (Å²) in [7, 11) is 1.43. The summed E-state index contributed by atoms with van der Waals surface area (Å²) in [5.41, 5.74) is 0. The van der Waals surface area contributed by atoms with Gasteiger partial charge in [-0.05, 0) is 18.1 Å². The average molecular weight is 180 g/mol. The third-order valence-electron chi connectivity index (χ3n) is 0.566. The van der Waals surface area contributed by atoms with Gasteiger partial charge in [-0.25, -0.2) is 5.26 Å². The number of nitrogens with zero attached hydrogens (tertiary/aromatic N) is 2. The zero-order valence-electron chi connectivity index (χ0n) is 5.28. The van der Waals surface area contributed by atoms with Crippen LogP contribution in [-0.2, 0) is 0 Å². The number of aromatic nitrogens is 1. The Hall–Kier alpha value is 0.770. The van der Waals surface area contributed by atoms with Crippen LogP contribution in [0.1, 0.15) is 0 Å². The molecule has 0 amide bonds. The van der Waals surface area contributed by atoms with Crippen molar-refractivity contribution in [3.63, 3.8) is 0 Å². The van der Waals surface area contributed by atoms with Crippen molar-refractivity contribution in [2.75, 3.05) is 0 Å². The fourth-order valence-corrected chi connectivity index (χ4v) is 0.313. The van der Waals surface area contributed by atoms with Crippen LogP contribution in [-0.4, -0.2) is 80.4 Å². The van der Waals surface area contributed by atoms with E-state index >= 15 is 0 Å². The van der Waals surface area contributed by atoms with Crippen molar-refractivity contribution in [3.05, 3.63) is 30.6 Å². The van der Waals surface area contributed by atoms with Crippen molar-refractivity contribution < 1.29 is 0 Å². The standard InChI is InChI=1S/C5H5N.CH2BN.BH3.2Na.2H/c1-2-4-6-5-3-1;2-1-3;;;;;/h1-5H;2H2;1H3;;;;. The van der Waals surface area contributed by atoms with Crippen LogP contribution in [0.25, 0.3) is 0 Å². The SMILES string of the molecule is B.BC#N.[NaH].[NaH].c1ccncc1. The van der Waals surface area contributed by atoms with Gasteiger partial charge in [0, 0.05) is 12.4 Å². The molecule has 1 heterocycles. The molecule has 0 radical (unpaired) electrons. The normalized spacial score (nSPS) is 4.58. The van der Waals surface area contributed by atoms with Gasteiger partial charge < -0.3 is 0 Å². The molecular weight excluding hydrogens is 168 g/mol. The van der Waals surface area contributed by atoms with Crippen LogP contribution in [0.4, 0.5) is 0 Å². The summed E-state index contributed by atoms with van der Waals surface area (Å²) in [6, 6.07) is 5.72. The molecule has 2 nitrogen and oxygen atoms in total. The van der Waals surface area contributed by atoms with E-state index in [9.17, 15) is 0 Å². The number of pyridine rings is 1. The van der Waals surface area contributed by atoms with Crippen LogP contribution in [0.15, 0.2) is 30.6 Å². The Kier molecular flexibility index (Phi) is 43.3. The van der Waals surface area contributed by atoms with Gasteiger partial charge in [-0.15, -0.1) is 0 Å². The molecule has 0 saturated carbocycles. The molecule has 0 spiro atoms. The Morgan fingerprint density at radius 2 is 1.42 bits per heavy atom. The quantitative estimate of drug-likeness (QED) is 0.421. The maximum absolute atomic E-state index is 7.32. The van der Waals surface area contributed by atoms with E-state index in [1.807, 2.05) is 18.2 Å². The van der Waals surface area contributed by atoms with Crippen molar-refractivity contribution in [2.45, 2.75) is 0 Å². The Morgan fingerprint density at radius 3 is 1.50 bits per heavy atom. The van der Waals surface area contributed by atoms with E-state index in [4.69, 9.17) is 5.26 Å². The molecule has 1 rings (SSSR count). The minimum absolute atomic E-state index is 0. The van der Waals surface area contributed by atoms with Crippen molar-refractivity contribution in [1.82, 2.24) is 4.98 Å². The van der Waals surface area contributed by atoms with Crippen molar-refractivity contribution in [3.8, 4) is 5.97 Å². The first-order chi connectivity index (χ1) is 4.41. The summed E-state index contributed by atoms with van der Waals surface area (Å²) >= 11 is 0. The Balaban J connectivity index is -0.0000000489. The molecular formula is C6H12B2N2Na2. The zero-order valence-corrected chi connectivity index (χ0v) is 5.28. The van der Waals surface area contributed by atoms with E-state index < -0.39 is 0 Å². The third-order valence-corrected chi connectivity index (χ3v) is 0.566. The summed E-state index contributed by atoms with van der Waals surface area (Å²) in [4.78, 5) is 3.78. The summed E-state index contributed by atoms with van der Waals surface area (Å²) < 4.78 is 0. The fraction of sp³-hybridized carbons (Fsp3) is 0. The zero-order chi connectivity index (χ0) is 6.95. The average Bonchev–Trinajstić information content (AvgIpc) is 1.93. The second-order valence-electron chi connectivity index (χ2n) is 1.25. The molecule has 54 valence electrons. The van der Waals surface area contributed by atoms with Crippen LogP contribution in [0.5, 0.6) is 0 Å². The Labute approximate surface area is 121 Å². The number of rotatable bonds is 0. The van der Waals surface area contributed by atoms with E-state index in [-0.39, 0.29) is 67.5 Å². The minimum atomic E-state index is 0. The molecule has 0 fully saturated rings. The molecule has 6 heteroatoms. The van der Waals surface area contributed by atoms with E-state index in [0.29, 0.717) is 0 Å². The van der Waals surface area contributed by atoms with Gasteiger partial charge in [0.05, 0.1) is 8.41 Å². The minimum Gasteiger partial charge on any atom is -0.265 e. The van der Waals surface area contributed by atoms with Gasteiger partial charge in [-0.1, -0.05) is 6.07 Å². The molecule has 0 N–H and O–H groups in total. The molecule has 0 aliphatic rings. The smallest absolute Gasteiger partial charge is 0.0267 e.